The number of hydrogen-bond acceptors (Lipinski definition) is 3. The zero-order valence-corrected chi connectivity index (χ0v) is 21.1. The molecule has 0 spiro atoms. The maximum Gasteiger partial charge on any atom is 0.184 e. The molecule has 3 nitrogen and oxygen atoms in total. The van der Waals surface area contributed by atoms with Gasteiger partial charge in [-0.15, -0.1) is 0 Å². The summed E-state index contributed by atoms with van der Waals surface area (Å²) in [4.78, 5) is 5.49. The minimum Gasteiger partial charge on any atom is -0.415 e. The molecule has 0 amide bonds. The molecule has 0 aromatic rings. The summed E-state index contributed by atoms with van der Waals surface area (Å²) in [6.45, 7) is 14.5. The van der Waals surface area contributed by atoms with Gasteiger partial charge >= 0.3 is 0 Å². The highest BCUT2D eigenvalue weighted by molar-refractivity contribution is 6.69. The maximum atomic E-state index is 6.64. The fourth-order valence-electron chi connectivity index (χ4n) is 8.80. The minimum absolute atomic E-state index is 0.315. The lowest BCUT2D eigenvalue weighted by atomic mass is 9.44. The molecule has 3 unspecified atom stereocenters. The molecule has 0 aromatic carbocycles. The van der Waals surface area contributed by atoms with Gasteiger partial charge in [0.25, 0.3) is 0 Å². The zero-order chi connectivity index (χ0) is 21.0. The molecule has 4 heteroatoms. The fourth-order valence-corrected chi connectivity index (χ4v) is 10.1. The van der Waals surface area contributed by atoms with Gasteiger partial charge in [-0.2, -0.15) is 0 Å². The average Bonchev–Trinajstić information content (AvgIpc) is 2.96. The van der Waals surface area contributed by atoms with Crippen LogP contribution in [0.2, 0.25) is 19.6 Å². The Bertz CT molecular complexity index is 643. The monoisotopic (exact) mass is 419 g/mol. The Morgan fingerprint density at radius 3 is 2.45 bits per heavy atom. The minimum atomic E-state index is -1.53. The predicted octanol–water partition coefficient (Wildman–Crippen LogP) is 6.89. The molecule has 0 radical (unpaired) electrons. The van der Waals surface area contributed by atoms with Gasteiger partial charge in [-0.3, -0.25) is 0 Å². The van der Waals surface area contributed by atoms with Gasteiger partial charge in [-0.05, 0) is 106 Å². The van der Waals surface area contributed by atoms with Crippen LogP contribution < -0.4 is 0 Å². The van der Waals surface area contributed by atoms with E-state index in [9.17, 15) is 0 Å². The molecular formula is C25H45NO2Si. The molecule has 4 saturated carbocycles. The molecule has 29 heavy (non-hydrogen) atoms. The number of fused-ring (bicyclic) bond motifs is 5. The Hall–Kier alpha value is -0.353. The van der Waals surface area contributed by atoms with E-state index >= 15 is 0 Å². The van der Waals surface area contributed by atoms with Crippen LogP contribution in [-0.4, -0.2) is 27.2 Å². The van der Waals surface area contributed by atoms with Gasteiger partial charge in [0.05, 0.1) is 5.71 Å². The highest BCUT2D eigenvalue weighted by atomic mass is 28.4. The summed E-state index contributed by atoms with van der Waals surface area (Å²) in [5.74, 6) is 3.83. The molecule has 0 aromatic heterocycles. The van der Waals surface area contributed by atoms with Gasteiger partial charge in [0.1, 0.15) is 7.11 Å². The van der Waals surface area contributed by atoms with Crippen LogP contribution in [0.1, 0.15) is 78.6 Å². The number of hydrogen-bond donors (Lipinski definition) is 0. The third-order valence-electron chi connectivity index (χ3n) is 9.67. The summed E-state index contributed by atoms with van der Waals surface area (Å²) in [5.41, 5.74) is 2.16. The fraction of sp³-hybridized carbons (Fsp3) is 0.960. The van der Waals surface area contributed by atoms with Gasteiger partial charge in [-0.1, -0.05) is 31.8 Å². The van der Waals surface area contributed by atoms with Gasteiger partial charge in [0.2, 0.25) is 0 Å². The van der Waals surface area contributed by atoms with Crippen molar-refractivity contribution in [2.45, 2.75) is 104 Å². The topological polar surface area (TPSA) is 30.8 Å². The third kappa shape index (κ3) is 3.64. The van der Waals surface area contributed by atoms with Crippen molar-refractivity contribution in [3.63, 3.8) is 0 Å². The second kappa shape index (κ2) is 7.65. The molecule has 0 saturated heterocycles. The van der Waals surface area contributed by atoms with E-state index in [1.807, 2.05) is 0 Å². The number of rotatable bonds is 4. The Labute approximate surface area is 180 Å². The molecule has 0 aliphatic heterocycles. The average molecular weight is 420 g/mol. The highest BCUT2D eigenvalue weighted by Crippen LogP contribution is 2.67. The van der Waals surface area contributed by atoms with E-state index < -0.39 is 8.32 Å². The van der Waals surface area contributed by atoms with E-state index in [0.717, 1.165) is 24.2 Å². The summed E-state index contributed by atoms with van der Waals surface area (Å²) < 4.78 is 6.64. The zero-order valence-electron chi connectivity index (χ0n) is 20.1. The van der Waals surface area contributed by atoms with Crippen molar-refractivity contribution in [2.75, 3.05) is 7.11 Å². The van der Waals surface area contributed by atoms with Crippen molar-refractivity contribution >= 4 is 14.0 Å². The van der Waals surface area contributed by atoms with Crippen LogP contribution in [0.25, 0.3) is 0 Å². The molecule has 4 rings (SSSR count). The number of oxime groups is 1. The first-order valence-corrected chi connectivity index (χ1v) is 15.8. The van der Waals surface area contributed by atoms with Crippen molar-refractivity contribution in [3.8, 4) is 0 Å². The first-order chi connectivity index (χ1) is 13.6. The van der Waals surface area contributed by atoms with Crippen molar-refractivity contribution in [2.24, 2.45) is 45.6 Å². The van der Waals surface area contributed by atoms with Crippen LogP contribution in [0, 0.1) is 40.4 Å². The smallest absolute Gasteiger partial charge is 0.184 e. The normalized spacial score (nSPS) is 47.3. The van der Waals surface area contributed by atoms with Crippen LogP contribution >= 0.6 is 0 Å². The molecule has 4 aliphatic rings. The van der Waals surface area contributed by atoms with Gasteiger partial charge in [-0.25, -0.2) is 0 Å². The van der Waals surface area contributed by atoms with Crippen molar-refractivity contribution in [1.82, 2.24) is 0 Å². The van der Waals surface area contributed by atoms with Crippen molar-refractivity contribution < 1.29 is 9.26 Å². The predicted molar refractivity (Wildman–Crippen MR) is 124 cm³/mol. The van der Waals surface area contributed by atoms with E-state index in [1.165, 1.54) is 57.1 Å². The van der Waals surface area contributed by atoms with Crippen LogP contribution in [0.4, 0.5) is 0 Å². The second-order valence-electron chi connectivity index (χ2n) is 12.3. The Kier molecular flexibility index (Phi) is 5.77. The quantitative estimate of drug-likeness (QED) is 0.367. The van der Waals surface area contributed by atoms with Gasteiger partial charge in [0, 0.05) is 12.0 Å². The Morgan fingerprint density at radius 1 is 1.00 bits per heavy atom. The lowest BCUT2D eigenvalue weighted by Gasteiger charge is -2.60. The Balaban J connectivity index is 1.67. The van der Waals surface area contributed by atoms with Gasteiger partial charge < -0.3 is 9.26 Å². The maximum absolute atomic E-state index is 6.64. The van der Waals surface area contributed by atoms with E-state index in [4.69, 9.17) is 14.4 Å². The lowest BCUT2D eigenvalue weighted by molar-refractivity contribution is -0.0683. The van der Waals surface area contributed by atoms with Crippen molar-refractivity contribution in [3.05, 3.63) is 0 Å². The van der Waals surface area contributed by atoms with Crippen LogP contribution in [-0.2, 0) is 9.26 Å². The summed E-state index contributed by atoms with van der Waals surface area (Å²) in [6, 6.07) is 0. The molecule has 4 aliphatic carbocycles. The molecule has 0 N–H and O–H groups in total. The summed E-state index contributed by atoms with van der Waals surface area (Å²) in [6.07, 6.45) is 12.7. The molecular weight excluding hydrogens is 374 g/mol. The summed E-state index contributed by atoms with van der Waals surface area (Å²) in [5, 5.41) is 4.76. The lowest BCUT2D eigenvalue weighted by Crippen LogP contribution is -2.57. The van der Waals surface area contributed by atoms with Crippen LogP contribution in [0.5, 0.6) is 0 Å². The van der Waals surface area contributed by atoms with E-state index in [2.05, 4.69) is 40.4 Å². The molecule has 0 heterocycles. The summed E-state index contributed by atoms with van der Waals surface area (Å²) in [7, 11) is 0.219. The van der Waals surface area contributed by atoms with Crippen molar-refractivity contribution in [1.29, 1.82) is 0 Å². The molecule has 0 bridgehead atoms. The number of nitrogens with zero attached hydrogens (tertiary/aromatic N) is 1. The van der Waals surface area contributed by atoms with Gasteiger partial charge in [0.15, 0.2) is 8.32 Å². The molecule has 4 fully saturated rings. The van der Waals surface area contributed by atoms with E-state index in [1.54, 1.807) is 7.11 Å². The molecule has 166 valence electrons. The van der Waals surface area contributed by atoms with Crippen LogP contribution in [0.15, 0.2) is 5.16 Å². The largest absolute Gasteiger partial charge is 0.415 e. The van der Waals surface area contributed by atoms with E-state index in [-0.39, 0.29) is 0 Å². The SMILES string of the molecule is CON=C1C[C@@]2(C)C(CC[C@@H]2[C@@H](C)O[Si](C)(C)C)C2CC[C@@H]3CCCC[C@]3(C)C12. The first kappa shape index (κ1) is 21.9. The second-order valence-corrected chi connectivity index (χ2v) is 16.8. The third-order valence-corrected chi connectivity index (χ3v) is 10.8. The standard InChI is InChI=1S/C25H45NO2Si/c1-17(28-29(5,6)7)20-13-14-21-19-12-11-18-10-8-9-15-24(18,2)23(19)22(26-27-4)16-25(20,21)3/h17-21,23H,8-16H2,1-7H3/t17-,18+,19?,20-,21?,23?,24+,25-/m1/s1. The summed E-state index contributed by atoms with van der Waals surface area (Å²) >= 11 is 0. The molecule has 8 atom stereocenters. The van der Waals surface area contributed by atoms with E-state index in [0.29, 0.717) is 28.8 Å². The Morgan fingerprint density at radius 2 is 1.76 bits per heavy atom. The highest BCUT2D eigenvalue weighted by Gasteiger charge is 2.62. The van der Waals surface area contributed by atoms with Crippen LogP contribution in [0.3, 0.4) is 0 Å². The first-order valence-electron chi connectivity index (χ1n) is 12.4.